The van der Waals surface area contributed by atoms with Crippen LogP contribution in [-0.2, 0) is 5.75 Å². The molecule has 160 valence electrons. The number of carbonyl (C=O) groups is 1. The predicted octanol–water partition coefficient (Wildman–Crippen LogP) is 6.79. The van der Waals surface area contributed by atoms with Gasteiger partial charge in [-0.05, 0) is 48.7 Å². The summed E-state index contributed by atoms with van der Waals surface area (Å²) in [5, 5.41) is 3.27. The number of ether oxygens (including phenoxy) is 1. The fourth-order valence-corrected chi connectivity index (χ4v) is 4.98. The van der Waals surface area contributed by atoms with Gasteiger partial charge in [-0.2, -0.15) is 0 Å². The smallest absolute Gasteiger partial charge is 0.251 e. The van der Waals surface area contributed by atoms with Crippen molar-refractivity contribution in [2.75, 3.05) is 0 Å². The molecule has 1 atom stereocenters. The van der Waals surface area contributed by atoms with E-state index in [-0.39, 0.29) is 17.6 Å². The molecule has 0 fully saturated rings. The molecule has 4 heteroatoms. The van der Waals surface area contributed by atoms with Crippen LogP contribution >= 0.6 is 11.8 Å². The summed E-state index contributed by atoms with van der Waals surface area (Å²) in [7, 11) is 0. The van der Waals surface area contributed by atoms with E-state index in [1.807, 2.05) is 48.5 Å². The van der Waals surface area contributed by atoms with E-state index in [0.717, 1.165) is 36.3 Å². The molecule has 31 heavy (non-hydrogen) atoms. The van der Waals surface area contributed by atoms with Crippen LogP contribution in [0.2, 0.25) is 0 Å². The predicted molar refractivity (Wildman–Crippen MR) is 128 cm³/mol. The van der Waals surface area contributed by atoms with Crippen molar-refractivity contribution in [3.63, 3.8) is 0 Å². The van der Waals surface area contributed by atoms with Crippen LogP contribution in [0.4, 0.5) is 0 Å². The van der Waals surface area contributed by atoms with Gasteiger partial charge in [0.25, 0.3) is 5.91 Å². The van der Waals surface area contributed by atoms with Crippen LogP contribution in [0.15, 0.2) is 83.8 Å². The van der Waals surface area contributed by atoms with E-state index in [4.69, 9.17) is 4.74 Å². The second kappa shape index (κ2) is 9.61. The fourth-order valence-electron chi connectivity index (χ4n) is 4.11. The van der Waals surface area contributed by atoms with E-state index in [1.165, 1.54) is 10.5 Å². The van der Waals surface area contributed by atoms with Crippen molar-refractivity contribution in [2.24, 2.45) is 0 Å². The number of rotatable bonds is 7. The molecule has 1 aliphatic heterocycles. The van der Waals surface area contributed by atoms with E-state index in [9.17, 15) is 4.79 Å². The second-order valence-electron chi connectivity index (χ2n) is 8.06. The molecule has 1 aliphatic rings. The van der Waals surface area contributed by atoms with Gasteiger partial charge in [-0.3, -0.25) is 4.79 Å². The Kier molecular flexibility index (Phi) is 6.67. The van der Waals surface area contributed by atoms with Crippen LogP contribution < -0.4 is 10.1 Å². The van der Waals surface area contributed by atoms with Crippen molar-refractivity contribution in [3.8, 4) is 5.75 Å². The molecule has 1 amide bonds. The molecule has 0 bridgehead atoms. The minimum Gasteiger partial charge on any atom is -0.487 e. The maximum atomic E-state index is 13.0. The fraction of sp³-hybridized carbons (Fsp3) is 0.296. The van der Waals surface area contributed by atoms with Gasteiger partial charge in [-0.25, -0.2) is 0 Å². The van der Waals surface area contributed by atoms with Crippen LogP contribution in [0.3, 0.4) is 0 Å². The van der Waals surface area contributed by atoms with Gasteiger partial charge in [0.2, 0.25) is 0 Å². The average molecular weight is 432 g/mol. The third kappa shape index (κ3) is 4.96. The van der Waals surface area contributed by atoms with Gasteiger partial charge in [-0.15, -0.1) is 11.8 Å². The van der Waals surface area contributed by atoms with Crippen LogP contribution in [0.1, 0.15) is 60.6 Å². The summed E-state index contributed by atoms with van der Waals surface area (Å²) in [4.78, 5) is 14.3. The van der Waals surface area contributed by atoms with Crippen molar-refractivity contribution >= 4 is 17.7 Å². The van der Waals surface area contributed by atoms with Crippen molar-refractivity contribution in [1.29, 1.82) is 0 Å². The summed E-state index contributed by atoms with van der Waals surface area (Å²) >= 11 is 1.80. The van der Waals surface area contributed by atoms with Gasteiger partial charge in [-0.1, -0.05) is 62.4 Å². The summed E-state index contributed by atoms with van der Waals surface area (Å²) in [5.74, 6) is 1.73. The third-order valence-electron chi connectivity index (χ3n) is 6.16. The maximum absolute atomic E-state index is 13.0. The molecule has 0 radical (unpaired) electrons. The van der Waals surface area contributed by atoms with Crippen molar-refractivity contribution in [1.82, 2.24) is 5.32 Å². The number of fused-ring (bicyclic) bond motifs is 1. The molecule has 3 nitrogen and oxygen atoms in total. The van der Waals surface area contributed by atoms with Crippen LogP contribution in [0.25, 0.3) is 0 Å². The summed E-state index contributed by atoms with van der Waals surface area (Å²) in [5.41, 5.74) is 2.73. The van der Waals surface area contributed by atoms with Gasteiger partial charge in [0.1, 0.15) is 11.4 Å². The van der Waals surface area contributed by atoms with Gasteiger partial charge < -0.3 is 10.1 Å². The molecule has 0 aromatic heterocycles. The number of benzene rings is 3. The zero-order valence-electron chi connectivity index (χ0n) is 18.1. The Morgan fingerprint density at radius 2 is 1.65 bits per heavy atom. The first-order valence-corrected chi connectivity index (χ1v) is 12.0. The second-order valence-corrected chi connectivity index (χ2v) is 9.11. The number of thioether (sulfide) groups is 1. The number of para-hydroxylation sites is 1. The first kappa shape index (κ1) is 21.5. The zero-order valence-corrected chi connectivity index (χ0v) is 19.0. The molecule has 0 aliphatic carbocycles. The standard InChI is InChI=1S/C27H29NO2S/c1-3-27(4-2)18-24(23-12-8-9-13-25(23)30-27)28-26(29)21-16-14-20(15-17-21)19-31-22-10-6-5-7-11-22/h5-17,24H,3-4,18-19H2,1-2H3,(H,28,29). The Morgan fingerprint density at radius 1 is 0.968 bits per heavy atom. The van der Waals surface area contributed by atoms with Crippen molar-refractivity contribution in [3.05, 3.63) is 95.6 Å². The Hall–Kier alpha value is -2.72. The summed E-state index contributed by atoms with van der Waals surface area (Å²) < 4.78 is 6.36. The normalized spacial score (nSPS) is 16.8. The van der Waals surface area contributed by atoms with E-state index in [0.29, 0.717) is 5.56 Å². The molecule has 3 aromatic rings. The third-order valence-corrected chi connectivity index (χ3v) is 7.24. The SMILES string of the molecule is CCC1(CC)CC(NC(=O)c2ccc(CSc3ccccc3)cc2)c2ccccc2O1. The molecular weight excluding hydrogens is 402 g/mol. The lowest BCUT2D eigenvalue weighted by molar-refractivity contribution is 0.0227. The Morgan fingerprint density at radius 3 is 2.35 bits per heavy atom. The lowest BCUT2D eigenvalue weighted by Gasteiger charge is -2.41. The highest BCUT2D eigenvalue weighted by molar-refractivity contribution is 7.98. The number of nitrogens with one attached hydrogen (secondary N) is 1. The lowest BCUT2D eigenvalue weighted by Crippen LogP contribution is -2.44. The lowest BCUT2D eigenvalue weighted by atomic mass is 9.83. The molecule has 0 saturated heterocycles. The molecule has 1 unspecified atom stereocenters. The molecule has 3 aromatic carbocycles. The zero-order chi connectivity index (χ0) is 21.7. The van der Waals surface area contributed by atoms with Crippen LogP contribution in [-0.4, -0.2) is 11.5 Å². The summed E-state index contributed by atoms with van der Waals surface area (Å²) in [6, 6.07) is 26.3. The first-order chi connectivity index (χ1) is 15.1. The van der Waals surface area contributed by atoms with Crippen LogP contribution in [0.5, 0.6) is 5.75 Å². The van der Waals surface area contributed by atoms with Gasteiger partial charge in [0, 0.05) is 28.2 Å². The van der Waals surface area contributed by atoms with E-state index in [1.54, 1.807) is 11.8 Å². The van der Waals surface area contributed by atoms with Gasteiger partial charge in [0.05, 0.1) is 6.04 Å². The number of amides is 1. The molecule has 1 heterocycles. The quantitative estimate of drug-likeness (QED) is 0.419. The van der Waals surface area contributed by atoms with E-state index in [2.05, 4.69) is 49.5 Å². The Balaban J connectivity index is 1.45. The molecule has 0 spiro atoms. The highest BCUT2D eigenvalue weighted by atomic mass is 32.2. The highest BCUT2D eigenvalue weighted by Crippen LogP contribution is 2.42. The van der Waals surface area contributed by atoms with Gasteiger partial charge in [0.15, 0.2) is 0 Å². The average Bonchev–Trinajstić information content (AvgIpc) is 2.83. The number of hydrogen-bond donors (Lipinski definition) is 1. The highest BCUT2D eigenvalue weighted by Gasteiger charge is 2.38. The van der Waals surface area contributed by atoms with Crippen LogP contribution in [0, 0.1) is 0 Å². The van der Waals surface area contributed by atoms with E-state index >= 15 is 0 Å². The van der Waals surface area contributed by atoms with Gasteiger partial charge >= 0.3 is 0 Å². The number of hydrogen-bond acceptors (Lipinski definition) is 3. The van der Waals surface area contributed by atoms with Crippen molar-refractivity contribution in [2.45, 2.75) is 55.4 Å². The Labute approximate surface area is 189 Å². The van der Waals surface area contributed by atoms with Crippen molar-refractivity contribution < 1.29 is 9.53 Å². The van der Waals surface area contributed by atoms with E-state index < -0.39 is 0 Å². The Bertz CT molecular complexity index is 1010. The number of carbonyl (C=O) groups excluding carboxylic acids is 1. The maximum Gasteiger partial charge on any atom is 0.251 e. The minimum absolute atomic E-state index is 0.0370. The largest absolute Gasteiger partial charge is 0.487 e. The minimum atomic E-state index is -0.231. The monoisotopic (exact) mass is 431 g/mol. The molecule has 1 N–H and O–H groups in total. The first-order valence-electron chi connectivity index (χ1n) is 11.0. The summed E-state index contributed by atoms with van der Waals surface area (Å²) in [6.07, 6.45) is 2.62. The molecular formula is C27H29NO2S. The summed E-state index contributed by atoms with van der Waals surface area (Å²) in [6.45, 7) is 4.31. The molecule has 4 rings (SSSR count). The topological polar surface area (TPSA) is 38.3 Å². The molecule has 0 saturated carbocycles.